The number of nitrogens with one attached hydrogen (secondary N) is 1. The fourth-order valence-corrected chi connectivity index (χ4v) is 2.14. The van der Waals surface area contributed by atoms with E-state index in [9.17, 15) is 14.3 Å². The Hall–Kier alpha value is -2.40. The number of phenols is 1. The Morgan fingerprint density at radius 3 is 2.55 bits per heavy atom. The first-order chi connectivity index (χ1) is 10.4. The number of benzene rings is 2. The minimum atomic E-state index is -1.27. The summed E-state index contributed by atoms with van der Waals surface area (Å²) in [5.41, 5.74) is -0.0882. The number of carbonyl (C=O) groups is 1. The van der Waals surface area contributed by atoms with Crippen molar-refractivity contribution in [3.8, 4) is 5.75 Å². The smallest absolute Gasteiger partial charge is 0.223 e. The van der Waals surface area contributed by atoms with Crippen LogP contribution < -0.4 is 5.32 Å². The van der Waals surface area contributed by atoms with Gasteiger partial charge in [-0.05, 0) is 30.2 Å². The monoisotopic (exact) mass is 303 g/mol. The molecule has 2 aromatic carbocycles. The molecule has 1 unspecified atom stereocenters. The van der Waals surface area contributed by atoms with Gasteiger partial charge in [-0.1, -0.05) is 36.4 Å². The normalized spacial score (nSPS) is 13.4. The molecule has 5 heteroatoms. The van der Waals surface area contributed by atoms with Crippen molar-refractivity contribution in [3.05, 3.63) is 65.5 Å². The van der Waals surface area contributed by atoms with Crippen LogP contribution in [0.25, 0.3) is 0 Å². The lowest BCUT2D eigenvalue weighted by Gasteiger charge is -2.23. The van der Waals surface area contributed by atoms with E-state index in [1.54, 1.807) is 31.2 Å². The van der Waals surface area contributed by atoms with E-state index in [2.05, 4.69) is 5.32 Å². The van der Waals surface area contributed by atoms with Crippen molar-refractivity contribution >= 4 is 5.91 Å². The predicted molar refractivity (Wildman–Crippen MR) is 80.5 cm³/mol. The van der Waals surface area contributed by atoms with Crippen LogP contribution in [0.4, 0.5) is 4.39 Å². The largest absolute Gasteiger partial charge is 0.505 e. The number of aliphatic hydroxyl groups is 1. The van der Waals surface area contributed by atoms with Gasteiger partial charge in [0.15, 0.2) is 11.6 Å². The highest BCUT2D eigenvalue weighted by Crippen LogP contribution is 2.24. The number of halogens is 1. The molecule has 0 radical (unpaired) electrons. The second kappa shape index (κ2) is 6.58. The molecule has 0 aliphatic heterocycles. The van der Waals surface area contributed by atoms with Crippen molar-refractivity contribution in [1.82, 2.24) is 5.32 Å². The van der Waals surface area contributed by atoms with Crippen LogP contribution in [0.2, 0.25) is 0 Å². The van der Waals surface area contributed by atoms with Crippen LogP contribution in [0.3, 0.4) is 0 Å². The molecule has 2 aromatic rings. The summed E-state index contributed by atoms with van der Waals surface area (Å²) in [5, 5.41) is 22.1. The first kappa shape index (κ1) is 16.0. The Morgan fingerprint density at radius 1 is 1.23 bits per heavy atom. The van der Waals surface area contributed by atoms with Gasteiger partial charge in [-0.2, -0.15) is 0 Å². The molecule has 3 N–H and O–H groups in total. The number of hydrogen-bond acceptors (Lipinski definition) is 3. The van der Waals surface area contributed by atoms with Crippen molar-refractivity contribution < 1.29 is 19.4 Å². The molecule has 0 aliphatic rings. The zero-order valence-electron chi connectivity index (χ0n) is 12.2. The van der Waals surface area contributed by atoms with Gasteiger partial charge in [0, 0.05) is 6.54 Å². The third kappa shape index (κ3) is 4.05. The molecule has 0 saturated heterocycles. The van der Waals surface area contributed by atoms with Gasteiger partial charge < -0.3 is 15.5 Å². The van der Waals surface area contributed by atoms with E-state index in [0.29, 0.717) is 11.1 Å². The fraction of sp³-hybridized carbons (Fsp3) is 0.235. The van der Waals surface area contributed by atoms with Crippen LogP contribution >= 0.6 is 0 Å². The molecular weight excluding hydrogens is 285 g/mol. The maximum atomic E-state index is 13.2. The minimum Gasteiger partial charge on any atom is -0.505 e. The SMILES string of the molecule is CC(O)(CC(=O)NCc1ccc(O)c(F)c1)c1ccccc1. The van der Waals surface area contributed by atoms with Gasteiger partial charge >= 0.3 is 0 Å². The minimum absolute atomic E-state index is 0.0996. The van der Waals surface area contributed by atoms with Crippen LogP contribution in [0.5, 0.6) is 5.75 Å². The lowest BCUT2D eigenvalue weighted by atomic mass is 9.92. The van der Waals surface area contributed by atoms with E-state index >= 15 is 0 Å². The summed E-state index contributed by atoms with van der Waals surface area (Å²) >= 11 is 0. The molecule has 4 nitrogen and oxygen atoms in total. The molecule has 0 fully saturated rings. The van der Waals surface area contributed by atoms with Gasteiger partial charge in [0.05, 0.1) is 12.0 Å². The van der Waals surface area contributed by atoms with E-state index in [1.807, 2.05) is 6.07 Å². The van der Waals surface area contributed by atoms with Crippen molar-refractivity contribution in [2.24, 2.45) is 0 Å². The second-order valence-electron chi connectivity index (χ2n) is 5.38. The Labute approximate surface area is 128 Å². The van der Waals surface area contributed by atoms with Crippen molar-refractivity contribution in [2.75, 3.05) is 0 Å². The number of carbonyl (C=O) groups excluding carboxylic acids is 1. The van der Waals surface area contributed by atoms with E-state index in [0.717, 1.165) is 6.07 Å². The topological polar surface area (TPSA) is 69.6 Å². The summed E-state index contributed by atoms with van der Waals surface area (Å²) in [4.78, 5) is 11.9. The van der Waals surface area contributed by atoms with Crippen LogP contribution in [-0.4, -0.2) is 16.1 Å². The highest BCUT2D eigenvalue weighted by atomic mass is 19.1. The Morgan fingerprint density at radius 2 is 1.91 bits per heavy atom. The molecule has 0 bridgehead atoms. The van der Waals surface area contributed by atoms with Crippen LogP contribution in [0, 0.1) is 5.82 Å². The molecule has 0 aromatic heterocycles. The van der Waals surface area contributed by atoms with E-state index in [-0.39, 0.29) is 18.9 Å². The van der Waals surface area contributed by atoms with Gasteiger partial charge in [-0.15, -0.1) is 0 Å². The van der Waals surface area contributed by atoms with Gasteiger partial charge in [-0.3, -0.25) is 4.79 Å². The highest BCUT2D eigenvalue weighted by Gasteiger charge is 2.26. The summed E-state index contributed by atoms with van der Waals surface area (Å²) in [6.07, 6.45) is -0.0996. The average molecular weight is 303 g/mol. The molecule has 1 amide bonds. The number of amides is 1. The molecule has 2 rings (SSSR count). The summed E-state index contributed by atoms with van der Waals surface area (Å²) < 4.78 is 13.2. The number of phenolic OH excluding ortho intramolecular Hbond substituents is 1. The van der Waals surface area contributed by atoms with Crippen molar-refractivity contribution in [3.63, 3.8) is 0 Å². The quantitative estimate of drug-likeness (QED) is 0.794. The standard InChI is InChI=1S/C17H18FNO3/c1-17(22,13-5-3-2-4-6-13)10-16(21)19-11-12-7-8-15(20)14(18)9-12/h2-9,20,22H,10-11H2,1H3,(H,19,21). The van der Waals surface area contributed by atoms with Gasteiger partial charge in [0.1, 0.15) is 0 Å². The summed E-state index contributed by atoms with van der Waals surface area (Å²) in [5.74, 6) is -1.51. The predicted octanol–water partition coefficient (Wildman–Crippen LogP) is 2.45. The van der Waals surface area contributed by atoms with Gasteiger partial charge in [-0.25, -0.2) is 4.39 Å². The first-order valence-electron chi connectivity index (χ1n) is 6.90. The maximum Gasteiger partial charge on any atom is 0.223 e. The third-order valence-corrected chi connectivity index (χ3v) is 3.40. The Balaban J connectivity index is 1.94. The van der Waals surface area contributed by atoms with Crippen LogP contribution in [-0.2, 0) is 16.9 Å². The molecule has 0 aliphatic carbocycles. The molecule has 116 valence electrons. The van der Waals surface area contributed by atoms with Crippen molar-refractivity contribution in [2.45, 2.75) is 25.5 Å². The number of rotatable bonds is 5. The first-order valence-corrected chi connectivity index (χ1v) is 6.90. The van der Waals surface area contributed by atoms with E-state index in [1.165, 1.54) is 12.1 Å². The summed E-state index contributed by atoms with van der Waals surface area (Å²) in [6.45, 7) is 1.70. The van der Waals surface area contributed by atoms with Crippen molar-refractivity contribution in [1.29, 1.82) is 0 Å². The summed E-state index contributed by atoms with van der Waals surface area (Å²) in [7, 11) is 0. The molecular formula is C17H18FNO3. The van der Waals surface area contributed by atoms with E-state index in [4.69, 9.17) is 5.11 Å². The van der Waals surface area contributed by atoms with E-state index < -0.39 is 17.2 Å². The number of aromatic hydroxyl groups is 1. The van der Waals surface area contributed by atoms with Gasteiger partial charge in [0.2, 0.25) is 5.91 Å². The lowest BCUT2D eigenvalue weighted by molar-refractivity contribution is -0.126. The second-order valence-corrected chi connectivity index (χ2v) is 5.38. The molecule has 0 spiro atoms. The number of hydrogen-bond donors (Lipinski definition) is 3. The lowest BCUT2D eigenvalue weighted by Crippen LogP contribution is -2.32. The molecule has 1 atom stereocenters. The maximum absolute atomic E-state index is 13.2. The summed E-state index contributed by atoms with van der Waals surface area (Å²) in [6, 6.07) is 12.8. The average Bonchev–Trinajstić information content (AvgIpc) is 2.49. The zero-order valence-corrected chi connectivity index (χ0v) is 12.2. The van der Waals surface area contributed by atoms with Gasteiger partial charge in [0.25, 0.3) is 0 Å². The third-order valence-electron chi connectivity index (χ3n) is 3.40. The molecule has 0 heterocycles. The highest BCUT2D eigenvalue weighted by molar-refractivity contribution is 5.77. The Bertz CT molecular complexity index is 656. The van der Waals surface area contributed by atoms with Crippen LogP contribution in [0.15, 0.2) is 48.5 Å². The zero-order chi connectivity index (χ0) is 16.2. The Kier molecular flexibility index (Phi) is 4.78. The van der Waals surface area contributed by atoms with Crippen LogP contribution in [0.1, 0.15) is 24.5 Å². The molecule has 22 heavy (non-hydrogen) atoms. The molecule has 0 saturated carbocycles. The fourth-order valence-electron chi connectivity index (χ4n) is 2.14.